The minimum atomic E-state index is -0.219. The number of nitrogens with one attached hydrogen (secondary N) is 3. The minimum absolute atomic E-state index is 0.0401. The van der Waals surface area contributed by atoms with Gasteiger partial charge in [-0.2, -0.15) is 0 Å². The van der Waals surface area contributed by atoms with Crippen molar-refractivity contribution in [3.8, 4) is 0 Å². The maximum Gasteiger partial charge on any atom is 0.251 e. The van der Waals surface area contributed by atoms with Crippen LogP contribution in [0.25, 0.3) is 0 Å². The third-order valence-electron chi connectivity index (χ3n) is 4.67. The van der Waals surface area contributed by atoms with Gasteiger partial charge in [-0.15, -0.1) is 0 Å². The molecule has 1 heterocycles. The summed E-state index contributed by atoms with van der Waals surface area (Å²) in [5.74, 6) is -0.595. The summed E-state index contributed by atoms with van der Waals surface area (Å²) in [4.78, 5) is 36.1. The fraction of sp³-hybridized carbons (Fsp3) is 0.286. The lowest BCUT2D eigenvalue weighted by molar-refractivity contribution is -0.122. The summed E-state index contributed by atoms with van der Waals surface area (Å²) in [6, 6.07) is 14.3. The summed E-state index contributed by atoms with van der Waals surface area (Å²) in [6.45, 7) is 0.655. The molecule has 1 aliphatic heterocycles. The lowest BCUT2D eigenvalue weighted by atomic mass is 9.89. The van der Waals surface area contributed by atoms with E-state index in [0.717, 1.165) is 11.3 Å². The molecule has 0 aliphatic carbocycles. The summed E-state index contributed by atoms with van der Waals surface area (Å²) < 4.78 is 0. The van der Waals surface area contributed by atoms with Crippen LogP contribution < -0.4 is 16.0 Å². The van der Waals surface area contributed by atoms with Crippen LogP contribution in [0.15, 0.2) is 48.5 Å². The summed E-state index contributed by atoms with van der Waals surface area (Å²) in [5, 5.41) is 8.96. The van der Waals surface area contributed by atoms with Gasteiger partial charge in [0.15, 0.2) is 0 Å². The van der Waals surface area contributed by atoms with E-state index in [1.165, 1.54) is 0 Å². The van der Waals surface area contributed by atoms with Crippen LogP contribution in [0.4, 0.5) is 5.69 Å². The van der Waals surface area contributed by atoms with Crippen LogP contribution in [0.3, 0.4) is 0 Å². The molecule has 6 nitrogen and oxygen atoms in total. The highest BCUT2D eigenvalue weighted by molar-refractivity contribution is 6.30. The zero-order valence-electron chi connectivity index (χ0n) is 15.3. The number of benzene rings is 2. The normalized spacial score (nSPS) is 15.3. The Labute approximate surface area is 168 Å². The van der Waals surface area contributed by atoms with Crippen LogP contribution in [-0.4, -0.2) is 30.8 Å². The Bertz CT molecular complexity index is 867. The molecule has 2 aromatic rings. The average molecular weight is 400 g/mol. The second-order valence-corrected chi connectivity index (χ2v) is 7.14. The van der Waals surface area contributed by atoms with E-state index in [2.05, 4.69) is 16.0 Å². The van der Waals surface area contributed by atoms with Gasteiger partial charge < -0.3 is 16.0 Å². The lowest BCUT2D eigenvalue weighted by Gasteiger charge is -2.24. The third-order valence-corrected chi connectivity index (χ3v) is 4.92. The molecule has 3 amide bonds. The zero-order valence-corrected chi connectivity index (χ0v) is 16.1. The highest BCUT2D eigenvalue weighted by Gasteiger charge is 2.26. The highest BCUT2D eigenvalue weighted by atomic mass is 35.5. The number of carbonyl (C=O) groups is 3. The first-order chi connectivity index (χ1) is 13.5. The van der Waals surface area contributed by atoms with E-state index in [4.69, 9.17) is 11.6 Å². The number of hydrogen-bond acceptors (Lipinski definition) is 3. The predicted octanol–water partition coefficient (Wildman–Crippen LogP) is 2.78. The van der Waals surface area contributed by atoms with E-state index in [1.54, 1.807) is 24.3 Å². The molecule has 28 heavy (non-hydrogen) atoms. The minimum Gasteiger partial charge on any atom is -0.354 e. The Kier molecular flexibility index (Phi) is 6.66. The van der Waals surface area contributed by atoms with E-state index in [-0.39, 0.29) is 30.1 Å². The van der Waals surface area contributed by atoms with Crippen molar-refractivity contribution in [2.45, 2.75) is 19.3 Å². The molecular weight excluding hydrogens is 378 g/mol. The molecule has 1 aliphatic rings. The van der Waals surface area contributed by atoms with Crippen LogP contribution >= 0.6 is 11.6 Å². The SMILES string of the molecule is O=C(CCC1Cc2ccccc2NC1=O)NCCNC(=O)c1ccc(Cl)cc1. The third kappa shape index (κ3) is 5.33. The molecule has 7 heteroatoms. The fourth-order valence-corrected chi connectivity index (χ4v) is 3.25. The van der Waals surface area contributed by atoms with Crippen molar-refractivity contribution in [3.05, 3.63) is 64.7 Å². The van der Waals surface area contributed by atoms with E-state index >= 15 is 0 Å². The van der Waals surface area contributed by atoms with Gasteiger partial charge >= 0.3 is 0 Å². The summed E-state index contributed by atoms with van der Waals surface area (Å²) in [7, 11) is 0. The Morgan fingerprint density at radius 2 is 1.75 bits per heavy atom. The van der Waals surface area contributed by atoms with Crippen LogP contribution in [0.2, 0.25) is 5.02 Å². The van der Waals surface area contributed by atoms with Gasteiger partial charge in [0.25, 0.3) is 5.91 Å². The monoisotopic (exact) mass is 399 g/mol. The maximum atomic E-state index is 12.2. The second kappa shape index (κ2) is 9.37. The molecule has 3 rings (SSSR count). The Morgan fingerprint density at radius 1 is 1.04 bits per heavy atom. The van der Waals surface area contributed by atoms with Gasteiger partial charge in [0.05, 0.1) is 0 Å². The Hall–Kier alpha value is -2.86. The van der Waals surface area contributed by atoms with Crippen molar-refractivity contribution in [2.75, 3.05) is 18.4 Å². The summed E-state index contributed by atoms with van der Waals surface area (Å²) >= 11 is 5.79. The number of hydrogen-bond donors (Lipinski definition) is 3. The molecule has 0 saturated heterocycles. The zero-order chi connectivity index (χ0) is 19.9. The molecule has 0 bridgehead atoms. The van der Waals surface area contributed by atoms with Gasteiger partial charge in [-0.1, -0.05) is 29.8 Å². The average Bonchev–Trinajstić information content (AvgIpc) is 2.70. The van der Waals surface area contributed by atoms with Crippen LogP contribution in [0, 0.1) is 5.92 Å². The van der Waals surface area contributed by atoms with Crippen molar-refractivity contribution in [3.63, 3.8) is 0 Å². The largest absolute Gasteiger partial charge is 0.354 e. The molecule has 3 N–H and O–H groups in total. The molecule has 0 spiro atoms. The van der Waals surface area contributed by atoms with Gasteiger partial charge in [-0.3, -0.25) is 14.4 Å². The maximum absolute atomic E-state index is 12.2. The van der Waals surface area contributed by atoms with E-state index in [0.29, 0.717) is 36.5 Å². The first-order valence-corrected chi connectivity index (χ1v) is 9.60. The standard InChI is InChI=1S/C21H22ClN3O3/c22-17-8-5-14(6-9-17)20(27)24-12-11-23-19(26)10-7-16-13-15-3-1-2-4-18(15)25-21(16)28/h1-6,8-9,16H,7,10-13H2,(H,23,26)(H,24,27)(H,25,28). The number of fused-ring (bicyclic) bond motifs is 1. The molecule has 0 fully saturated rings. The smallest absolute Gasteiger partial charge is 0.251 e. The van der Waals surface area contributed by atoms with Crippen LogP contribution in [0.1, 0.15) is 28.8 Å². The fourth-order valence-electron chi connectivity index (χ4n) is 3.12. The van der Waals surface area contributed by atoms with Crippen LogP contribution in [-0.2, 0) is 16.0 Å². The number of para-hydroxylation sites is 1. The predicted molar refractivity (Wildman–Crippen MR) is 108 cm³/mol. The van der Waals surface area contributed by atoms with Crippen LogP contribution in [0.5, 0.6) is 0 Å². The first kappa shape index (κ1) is 19.9. The van der Waals surface area contributed by atoms with Gasteiger partial charge in [0.2, 0.25) is 11.8 Å². The number of amides is 3. The summed E-state index contributed by atoms with van der Waals surface area (Å²) in [6.07, 6.45) is 1.40. The number of carbonyl (C=O) groups excluding carboxylic acids is 3. The second-order valence-electron chi connectivity index (χ2n) is 6.70. The van der Waals surface area contributed by atoms with Gasteiger partial charge in [0.1, 0.15) is 0 Å². The topological polar surface area (TPSA) is 87.3 Å². The molecule has 0 radical (unpaired) electrons. The summed E-state index contributed by atoms with van der Waals surface area (Å²) in [5.41, 5.74) is 2.46. The number of anilines is 1. The van der Waals surface area contributed by atoms with Gasteiger partial charge in [0, 0.05) is 41.7 Å². The number of rotatable bonds is 7. The molecule has 0 aromatic heterocycles. The van der Waals surface area contributed by atoms with Crippen molar-refractivity contribution < 1.29 is 14.4 Å². The van der Waals surface area contributed by atoms with Crippen molar-refractivity contribution in [1.29, 1.82) is 0 Å². The van der Waals surface area contributed by atoms with Gasteiger partial charge in [-0.05, 0) is 48.7 Å². The van der Waals surface area contributed by atoms with Crippen molar-refractivity contribution >= 4 is 35.0 Å². The van der Waals surface area contributed by atoms with E-state index < -0.39 is 0 Å². The highest BCUT2D eigenvalue weighted by Crippen LogP contribution is 2.27. The van der Waals surface area contributed by atoms with Crippen molar-refractivity contribution in [1.82, 2.24) is 10.6 Å². The van der Waals surface area contributed by atoms with E-state index in [9.17, 15) is 14.4 Å². The van der Waals surface area contributed by atoms with Gasteiger partial charge in [-0.25, -0.2) is 0 Å². The Balaban J connectivity index is 1.35. The molecule has 146 valence electrons. The molecular formula is C21H22ClN3O3. The number of halogens is 1. The molecule has 1 atom stereocenters. The molecule has 0 saturated carbocycles. The Morgan fingerprint density at radius 3 is 2.54 bits per heavy atom. The van der Waals surface area contributed by atoms with E-state index in [1.807, 2.05) is 24.3 Å². The molecule has 1 unspecified atom stereocenters. The van der Waals surface area contributed by atoms with Crippen molar-refractivity contribution in [2.24, 2.45) is 5.92 Å². The lowest BCUT2D eigenvalue weighted by Crippen LogP contribution is -2.35. The molecule has 2 aromatic carbocycles. The quantitative estimate of drug-likeness (QED) is 0.625. The first-order valence-electron chi connectivity index (χ1n) is 9.22.